The molecule has 0 radical (unpaired) electrons. The van der Waals surface area contributed by atoms with E-state index in [1.54, 1.807) is 6.07 Å². The highest BCUT2D eigenvalue weighted by Crippen LogP contribution is 2.17. The molecule has 104 valence electrons. The molecule has 0 aliphatic rings. The molecule has 1 amide bonds. The van der Waals surface area contributed by atoms with Gasteiger partial charge in [0.25, 0.3) is 5.91 Å². The lowest BCUT2D eigenvalue weighted by Crippen LogP contribution is -2.22. The number of hydrogen-bond acceptors (Lipinski definition) is 2. The second kappa shape index (κ2) is 6.96. The predicted molar refractivity (Wildman–Crippen MR) is 83.2 cm³/mol. The normalized spacial score (nSPS) is 10.1. The monoisotopic (exact) mass is 288 g/mol. The van der Waals surface area contributed by atoms with Crippen LogP contribution in [0.4, 0.5) is 5.69 Å². The van der Waals surface area contributed by atoms with Crippen molar-refractivity contribution in [3.8, 4) is 0 Å². The summed E-state index contributed by atoms with van der Waals surface area (Å²) in [5.74, 6) is -0.0612. The summed E-state index contributed by atoms with van der Waals surface area (Å²) in [4.78, 5) is 11.8. The largest absolute Gasteiger partial charge is 0.381 e. The zero-order chi connectivity index (χ0) is 14.4. The van der Waals surface area contributed by atoms with Gasteiger partial charge >= 0.3 is 0 Å². The van der Waals surface area contributed by atoms with Gasteiger partial charge in [0, 0.05) is 29.4 Å². The van der Waals surface area contributed by atoms with Crippen LogP contribution in [-0.2, 0) is 6.54 Å². The molecule has 0 bridgehead atoms. The maximum Gasteiger partial charge on any atom is 0.251 e. The first-order valence-electron chi connectivity index (χ1n) is 6.56. The van der Waals surface area contributed by atoms with Gasteiger partial charge in [0.1, 0.15) is 0 Å². The van der Waals surface area contributed by atoms with Crippen LogP contribution in [0.3, 0.4) is 0 Å². The van der Waals surface area contributed by atoms with Crippen LogP contribution in [0, 0.1) is 0 Å². The Bertz CT molecular complexity index is 599. The highest BCUT2D eigenvalue weighted by atomic mass is 35.5. The Hall–Kier alpha value is -2.00. The van der Waals surface area contributed by atoms with Crippen molar-refractivity contribution in [3.05, 3.63) is 64.7 Å². The summed E-state index contributed by atoms with van der Waals surface area (Å²) in [6, 6.07) is 15.1. The fraction of sp³-hybridized carbons (Fsp3) is 0.188. The fourth-order valence-corrected chi connectivity index (χ4v) is 2.07. The molecule has 20 heavy (non-hydrogen) atoms. The average molecular weight is 289 g/mol. The highest BCUT2D eigenvalue weighted by Gasteiger charge is 2.05. The number of halogens is 1. The third-order valence-electron chi connectivity index (χ3n) is 2.90. The van der Waals surface area contributed by atoms with E-state index in [0.717, 1.165) is 16.3 Å². The van der Waals surface area contributed by atoms with E-state index in [0.29, 0.717) is 18.7 Å². The molecule has 0 heterocycles. The Balaban J connectivity index is 2.05. The van der Waals surface area contributed by atoms with E-state index >= 15 is 0 Å². The van der Waals surface area contributed by atoms with Crippen LogP contribution in [0.5, 0.6) is 0 Å². The molecule has 0 atom stereocenters. The number of anilines is 1. The highest BCUT2D eigenvalue weighted by molar-refractivity contribution is 6.31. The first-order chi connectivity index (χ1) is 9.70. The third kappa shape index (κ3) is 3.75. The number of rotatable bonds is 5. The van der Waals surface area contributed by atoms with Gasteiger partial charge < -0.3 is 10.6 Å². The van der Waals surface area contributed by atoms with Crippen LogP contribution in [0.15, 0.2) is 48.5 Å². The van der Waals surface area contributed by atoms with Crippen molar-refractivity contribution < 1.29 is 4.79 Å². The van der Waals surface area contributed by atoms with Gasteiger partial charge in [-0.05, 0) is 36.8 Å². The van der Waals surface area contributed by atoms with Crippen LogP contribution >= 0.6 is 11.6 Å². The number of carbonyl (C=O) groups excluding carboxylic acids is 1. The molecule has 0 spiro atoms. The molecule has 0 saturated carbocycles. The Morgan fingerprint density at radius 1 is 1.15 bits per heavy atom. The standard InChI is InChI=1S/C16H17ClN2O/c1-2-18-16(20)12-7-5-8-14(10-12)19-11-13-6-3-4-9-15(13)17/h3-10,19H,2,11H2,1H3,(H,18,20). The van der Waals surface area contributed by atoms with Gasteiger partial charge in [0.05, 0.1) is 0 Å². The lowest BCUT2D eigenvalue weighted by atomic mass is 10.1. The zero-order valence-corrected chi connectivity index (χ0v) is 12.1. The van der Waals surface area contributed by atoms with E-state index < -0.39 is 0 Å². The first-order valence-corrected chi connectivity index (χ1v) is 6.94. The van der Waals surface area contributed by atoms with Crippen LogP contribution in [0.1, 0.15) is 22.8 Å². The lowest BCUT2D eigenvalue weighted by molar-refractivity contribution is 0.0956. The number of benzene rings is 2. The Morgan fingerprint density at radius 3 is 2.70 bits per heavy atom. The van der Waals surface area contributed by atoms with E-state index in [1.807, 2.05) is 49.4 Å². The smallest absolute Gasteiger partial charge is 0.251 e. The van der Waals surface area contributed by atoms with Crippen molar-refractivity contribution in [1.29, 1.82) is 0 Å². The molecule has 2 aromatic carbocycles. The average Bonchev–Trinajstić information content (AvgIpc) is 2.47. The SMILES string of the molecule is CCNC(=O)c1cccc(NCc2ccccc2Cl)c1. The minimum Gasteiger partial charge on any atom is -0.381 e. The van der Waals surface area contributed by atoms with E-state index in [4.69, 9.17) is 11.6 Å². The summed E-state index contributed by atoms with van der Waals surface area (Å²) in [5.41, 5.74) is 2.57. The Kier molecular flexibility index (Phi) is 5.02. The van der Waals surface area contributed by atoms with Gasteiger partial charge in [-0.15, -0.1) is 0 Å². The van der Waals surface area contributed by atoms with Crippen molar-refractivity contribution in [1.82, 2.24) is 5.32 Å². The van der Waals surface area contributed by atoms with Crippen molar-refractivity contribution in [3.63, 3.8) is 0 Å². The zero-order valence-electron chi connectivity index (χ0n) is 11.3. The molecule has 2 aromatic rings. The molecule has 0 aliphatic carbocycles. The summed E-state index contributed by atoms with van der Waals surface area (Å²) in [6.07, 6.45) is 0. The summed E-state index contributed by atoms with van der Waals surface area (Å²) in [5, 5.41) is 6.79. The van der Waals surface area contributed by atoms with Crippen LogP contribution < -0.4 is 10.6 Å². The maximum absolute atomic E-state index is 11.8. The molecule has 0 saturated heterocycles. The van der Waals surface area contributed by atoms with Crippen LogP contribution in [-0.4, -0.2) is 12.5 Å². The second-order valence-corrected chi connectivity index (χ2v) is 4.79. The molecule has 3 nitrogen and oxygen atoms in total. The quantitative estimate of drug-likeness (QED) is 0.881. The Morgan fingerprint density at radius 2 is 1.95 bits per heavy atom. The van der Waals surface area contributed by atoms with E-state index in [-0.39, 0.29) is 5.91 Å². The van der Waals surface area contributed by atoms with E-state index in [1.165, 1.54) is 0 Å². The fourth-order valence-electron chi connectivity index (χ4n) is 1.87. The molecular weight excluding hydrogens is 272 g/mol. The van der Waals surface area contributed by atoms with Crippen molar-refractivity contribution in [2.45, 2.75) is 13.5 Å². The molecule has 0 aromatic heterocycles. The number of hydrogen-bond donors (Lipinski definition) is 2. The summed E-state index contributed by atoms with van der Waals surface area (Å²) < 4.78 is 0. The Labute approximate surface area is 124 Å². The lowest BCUT2D eigenvalue weighted by Gasteiger charge is -2.09. The van der Waals surface area contributed by atoms with Gasteiger partial charge in [-0.3, -0.25) is 4.79 Å². The van der Waals surface area contributed by atoms with Gasteiger partial charge in [-0.2, -0.15) is 0 Å². The minimum absolute atomic E-state index is 0.0612. The molecule has 0 unspecified atom stereocenters. The van der Waals surface area contributed by atoms with Crippen molar-refractivity contribution >= 4 is 23.2 Å². The van der Waals surface area contributed by atoms with Crippen LogP contribution in [0.25, 0.3) is 0 Å². The van der Waals surface area contributed by atoms with Crippen molar-refractivity contribution in [2.24, 2.45) is 0 Å². The van der Waals surface area contributed by atoms with Crippen molar-refractivity contribution in [2.75, 3.05) is 11.9 Å². The molecule has 2 rings (SSSR count). The van der Waals surface area contributed by atoms with E-state index in [9.17, 15) is 4.79 Å². The molecule has 0 aliphatic heterocycles. The van der Waals surface area contributed by atoms with E-state index in [2.05, 4.69) is 10.6 Å². The van der Waals surface area contributed by atoms with Gasteiger partial charge in [-0.25, -0.2) is 0 Å². The minimum atomic E-state index is -0.0612. The van der Waals surface area contributed by atoms with Gasteiger partial charge in [-0.1, -0.05) is 35.9 Å². The molecule has 2 N–H and O–H groups in total. The molecule has 0 fully saturated rings. The van der Waals surface area contributed by atoms with Crippen LogP contribution in [0.2, 0.25) is 5.02 Å². The summed E-state index contributed by atoms with van der Waals surface area (Å²) in [6.45, 7) is 3.14. The predicted octanol–water partition coefficient (Wildman–Crippen LogP) is 3.70. The molecule has 4 heteroatoms. The first kappa shape index (κ1) is 14.4. The maximum atomic E-state index is 11.8. The second-order valence-electron chi connectivity index (χ2n) is 4.39. The topological polar surface area (TPSA) is 41.1 Å². The van der Waals surface area contributed by atoms with Gasteiger partial charge in [0.15, 0.2) is 0 Å². The summed E-state index contributed by atoms with van der Waals surface area (Å²) in [7, 11) is 0. The molecular formula is C16H17ClN2O. The number of nitrogens with one attached hydrogen (secondary N) is 2. The van der Waals surface area contributed by atoms with Gasteiger partial charge in [0.2, 0.25) is 0 Å². The third-order valence-corrected chi connectivity index (χ3v) is 3.27. The number of carbonyl (C=O) groups is 1. The summed E-state index contributed by atoms with van der Waals surface area (Å²) >= 11 is 6.11. The number of amides is 1.